The molecule has 3 aromatic rings. The van der Waals surface area contributed by atoms with E-state index in [9.17, 15) is 4.39 Å². The van der Waals surface area contributed by atoms with Gasteiger partial charge in [-0.2, -0.15) is 5.10 Å². The second-order valence-electron chi connectivity index (χ2n) is 4.52. The lowest BCUT2D eigenvalue weighted by Crippen LogP contribution is -2.03. The molecule has 5 heteroatoms. The number of hydrogen-bond donors (Lipinski definition) is 1. The van der Waals surface area contributed by atoms with Crippen molar-refractivity contribution in [1.82, 2.24) is 4.98 Å². The number of hydrazone groups is 1. The Labute approximate surface area is 126 Å². The third kappa shape index (κ3) is 3.08. The second-order valence-corrected chi connectivity index (χ2v) is 5.55. The van der Waals surface area contributed by atoms with E-state index in [1.54, 1.807) is 23.5 Å². The van der Waals surface area contributed by atoms with E-state index in [1.165, 1.54) is 12.1 Å². The van der Waals surface area contributed by atoms with Crippen LogP contribution in [0.4, 0.5) is 9.52 Å². The van der Waals surface area contributed by atoms with Crippen LogP contribution in [0.15, 0.2) is 53.6 Å². The van der Waals surface area contributed by atoms with E-state index in [1.807, 2.05) is 31.2 Å². The van der Waals surface area contributed by atoms with Crippen LogP contribution in [0, 0.1) is 5.82 Å². The molecule has 0 unspecified atom stereocenters. The molecule has 0 atom stereocenters. The minimum Gasteiger partial charge on any atom is -0.252 e. The lowest BCUT2D eigenvalue weighted by Gasteiger charge is -2.04. The highest BCUT2D eigenvalue weighted by Crippen LogP contribution is 2.25. The van der Waals surface area contributed by atoms with Crippen molar-refractivity contribution in [3.63, 3.8) is 0 Å². The Bertz CT molecular complexity index is 745. The van der Waals surface area contributed by atoms with Crippen LogP contribution in [-0.4, -0.2) is 10.7 Å². The number of fused-ring (bicyclic) bond motifs is 1. The first-order chi connectivity index (χ1) is 10.3. The van der Waals surface area contributed by atoms with Crippen LogP contribution in [0.1, 0.15) is 18.9 Å². The van der Waals surface area contributed by atoms with Crippen molar-refractivity contribution >= 4 is 32.4 Å². The van der Waals surface area contributed by atoms with E-state index in [0.29, 0.717) is 0 Å². The average molecular weight is 299 g/mol. The molecule has 0 aliphatic rings. The molecule has 21 heavy (non-hydrogen) atoms. The summed E-state index contributed by atoms with van der Waals surface area (Å²) >= 11 is 1.56. The molecule has 0 radical (unpaired) electrons. The molecule has 1 aromatic heterocycles. The molecule has 3 rings (SSSR count). The van der Waals surface area contributed by atoms with Crippen molar-refractivity contribution in [3.05, 3.63) is 59.9 Å². The van der Waals surface area contributed by atoms with Crippen molar-refractivity contribution in [2.24, 2.45) is 5.10 Å². The van der Waals surface area contributed by atoms with Crippen LogP contribution in [0.2, 0.25) is 0 Å². The maximum absolute atomic E-state index is 13.0. The first-order valence-corrected chi connectivity index (χ1v) is 7.52. The largest absolute Gasteiger partial charge is 0.252 e. The number of benzene rings is 2. The molecular formula is C16H14FN3S. The molecule has 0 fully saturated rings. The van der Waals surface area contributed by atoms with Gasteiger partial charge in [0.2, 0.25) is 5.13 Å². The van der Waals surface area contributed by atoms with Crippen molar-refractivity contribution in [2.75, 3.05) is 5.43 Å². The molecular weight excluding hydrogens is 285 g/mol. The third-order valence-corrected chi connectivity index (χ3v) is 4.03. The number of thiazole rings is 1. The van der Waals surface area contributed by atoms with E-state index >= 15 is 0 Å². The summed E-state index contributed by atoms with van der Waals surface area (Å²) in [6.07, 6.45) is 0.753. The number of para-hydroxylation sites is 1. The van der Waals surface area contributed by atoms with Gasteiger partial charge in [0.05, 0.1) is 15.9 Å². The van der Waals surface area contributed by atoms with Crippen molar-refractivity contribution in [3.8, 4) is 0 Å². The van der Waals surface area contributed by atoms with E-state index < -0.39 is 0 Å². The highest BCUT2D eigenvalue weighted by atomic mass is 32.1. The van der Waals surface area contributed by atoms with Gasteiger partial charge >= 0.3 is 0 Å². The predicted octanol–water partition coefficient (Wildman–Crippen LogP) is 4.66. The van der Waals surface area contributed by atoms with Gasteiger partial charge in [0.1, 0.15) is 5.82 Å². The molecule has 0 bridgehead atoms. The summed E-state index contributed by atoms with van der Waals surface area (Å²) in [5, 5.41) is 5.15. The van der Waals surface area contributed by atoms with Gasteiger partial charge in [-0.05, 0) is 36.2 Å². The number of halogens is 1. The maximum Gasteiger partial charge on any atom is 0.204 e. The fraction of sp³-hybridized carbons (Fsp3) is 0.125. The van der Waals surface area contributed by atoms with Gasteiger partial charge in [0.15, 0.2) is 0 Å². The fourth-order valence-corrected chi connectivity index (χ4v) is 2.83. The Balaban J connectivity index is 1.83. The normalized spacial score (nSPS) is 11.8. The van der Waals surface area contributed by atoms with Crippen molar-refractivity contribution in [2.45, 2.75) is 13.3 Å². The summed E-state index contributed by atoms with van der Waals surface area (Å²) in [5.41, 5.74) is 5.74. The van der Waals surface area contributed by atoms with Crippen molar-refractivity contribution < 1.29 is 4.39 Å². The van der Waals surface area contributed by atoms with Gasteiger partial charge in [-0.25, -0.2) is 9.37 Å². The van der Waals surface area contributed by atoms with Crippen LogP contribution in [0.3, 0.4) is 0 Å². The molecule has 0 spiro atoms. The number of nitrogens with zero attached hydrogens (tertiary/aromatic N) is 2. The summed E-state index contributed by atoms with van der Waals surface area (Å²) in [6.45, 7) is 2.02. The molecule has 0 amide bonds. The minimum absolute atomic E-state index is 0.242. The molecule has 0 aliphatic heterocycles. The SMILES string of the molecule is CCC(=NNc1nc2ccccc2s1)c1ccc(F)cc1. The third-order valence-electron chi connectivity index (χ3n) is 3.09. The van der Waals surface area contributed by atoms with Crippen LogP contribution >= 0.6 is 11.3 Å². The molecule has 1 N–H and O–H groups in total. The number of nitrogens with one attached hydrogen (secondary N) is 1. The summed E-state index contributed by atoms with van der Waals surface area (Å²) in [4.78, 5) is 4.47. The average Bonchev–Trinajstić information content (AvgIpc) is 2.92. The maximum atomic E-state index is 13.0. The predicted molar refractivity (Wildman–Crippen MR) is 86.5 cm³/mol. The molecule has 0 saturated heterocycles. The molecule has 106 valence electrons. The number of anilines is 1. The topological polar surface area (TPSA) is 37.3 Å². The fourth-order valence-electron chi connectivity index (χ4n) is 2.03. The summed E-state index contributed by atoms with van der Waals surface area (Å²) in [6, 6.07) is 14.3. The standard InChI is InChI=1S/C16H14FN3S/c1-2-13(11-7-9-12(17)10-8-11)19-20-16-18-14-5-3-4-6-15(14)21-16/h3-10H,2H2,1H3,(H,18,20). The first-order valence-electron chi connectivity index (χ1n) is 6.70. The van der Waals surface area contributed by atoms with Gasteiger partial charge in [-0.3, -0.25) is 5.43 Å². The zero-order valence-corrected chi connectivity index (χ0v) is 12.3. The lowest BCUT2D eigenvalue weighted by atomic mass is 10.1. The van der Waals surface area contributed by atoms with Gasteiger partial charge in [-0.15, -0.1) is 0 Å². The summed E-state index contributed by atoms with van der Waals surface area (Å²) in [7, 11) is 0. The van der Waals surface area contributed by atoms with Gasteiger partial charge < -0.3 is 0 Å². The van der Waals surface area contributed by atoms with E-state index in [-0.39, 0.29) is 5.82 Å². The number of aromatic nitrogens is 1. The Hall–Kier alpha value is -2.27. The minimum atomic E-state index is -0.242. The molecule has 2 aromatic carbocycles. The van der Waals surface area contributed by atoms with Crippen LogP contribution in [0.5, 0.6) is 0 Å². The van der Waals surface area contributed by atoms with Crippen LogP contribution < -0.4 is 5.43 Å². The molecule has 0 aliphatic carbocycles. The van der Waals surface area contributed by atoms with E-state index in [0.717, 1.165) is 33.0 Å². The lowest BCUT2D eigenvalue weighted by molar-refractivity contribution is 0.627. The smallest absolute Gasteiger partial charge is 0.204 e. The van der Waals surface area contributed by atoms with Crippen LogP contribution in [0.25, 0.3) is 10.2 Å². The van der Waals surface area contributed by atoms with Crippen molar-refractivity contribution in [1.29, 1.82) is 0 Å². The van der Waals surface area contributed by atoms with Gasteiger partial charge in [0, 0.05) is 0 Å². The quantitative estimate of drug-likeness (QED) is 0.562. The molecule has 0 saturated carbocycles. The van der Waals surface area contributed by atoms with Gasteiger partial charge in [-0.1, -0.05) is 42.5 Å². The zero-order valence-electron chi connectivity index (χ0n) is 11.5. The number of rotatable bonds is 4. The Morgan fingerprint density at radius 2 is 1.95 bits per heavy atom. The Kier molecular flexibility index (Phi) is 3.92. The monoisotopic (exact) mass is 299 g/mol. The van der Waals surface area contributed by atoms with E-state index in [4.69, 9.17) is 0 Å². The highest BCUT2D eigenvalue weighted by Gasteiger charge is 2.04. The van der Waals surface area contributed by atoms with Crippen LogP contribution in [-0.2, 0) is 0 Å². The summed E-state index contributed by atoms with van der Waals surface area (Å²) < 4.78 is 14.1. The van der Waals surface area contributed by atoms with Gasteiger partial charge in [0.25, 0.3) is 0 Å². The Morgan fingerprint density at radius 1 is 1.19 bits per heavy atom. The second kappa shape index (κ2) is 6.01. The first kappa shape index (κ1) is 13.7. The Morgan fingerprint density at radius 3 is 2.67 bits per heavy atom. The van der Waals surface area contributed by atoms with E-state index in [2.05, 4.69) is 15.5 Å². The summed E-state index contributed by atoms with van der Waals surface area (Å²) in [5.74, 6) is -0.242. The number of hydrogen-bond acceptors (Lipinski definition) is 4. The highest BCUT2D eigenvalue weighted by molar-refractivity contribution is 7.22. The molecule has 1 heterocycles. The molecule has 3 nitrogen and oxygen atoms in total. The zero-order chi connectivity index (χ0) is 14.7.